The molecule has 2 aromatic carbocycles. The molecule has 0 aliphatic carbocycles. The monoisotopic (exact) mass is 480 g/mol. The molecule has 0 bridgehead atoms. The SMILES string of the molecule is O=C(CCc1ncc(-c2ccc(F)cc2)o1)OCC(=O)N1CCCC1c1ccc2c(c1)OCCO2. The highest BCUT2D eigenvalue weighted by Crippen LogP contribution is 2.38. The second kappa shape index (κ2) is 10.2. The molecule has 0 saturated carbocycles. The summed E-state index contributed by atoms with van der Waals surface area (Å²) in [6, 6.07) is 11.5. The van der Waals surface area contributed by atoms with E-state index in [0.717, 1.165) is 18.4 Å². The first-order chi connectivity index (χ1) is 17.1. The molecule has 1 aromatic heterocycles. The van der Waals surface area contributed by atoms with E-state index in [4.69, 9.17) is 18.6 Å². The van der Waals surface area contributed by atoms with E-state index in [0.29, 0.717) is 48.5 Å². The Morgan fingerprint density at radius 3 is 2.71 bits per heavy atom. The predicted molar refractivity (Wildman–Crippen MR) is 122 cm³/mol. The fourth-order valence-electron chi connectivity index (χ4n) is 4.36. The minimum absolute atomic E-state index is 0.0300. The molecule has 1 amide bonds. The van der Waals surface area contributed by atoms with Crippen LogP contribution >= 0.6 is 0 Å². The lowest BCUT2D eigenvalue weighted by Gasteiger charge is -2.26. The van der Waals surface area contributed by atoms with Gasteiger partial charge in [-0.3, -0.25) is 9.59 Å². The van der Waals surface area contributed by atoms with Gasteiger partial charge in [0.05, 0.1) is 18.7 Å². The van der Waals surface area contributed by atoms with Crippen LogP contribution in [-0.4, -0.2) is 48.1 Å². The van der Waals surface area contributed by atoms with Crippen molar-refractivity contribution in [2.45, 2.75) is 31.7 Å². The molecule has 2 aliphatic heterocycles. The number of nitrogens with zero attached hydrogens (tertiary/aromatic N) is 2. The molecular formula is C26H25FN2O6. The van der Waals surface area contributed by atoms with Gasteiger partial charge in [0.1, 0.15) is 19.0 Å². The first-order valence-electron chi connectivity index (χ1n) is 11.6. The average molecular weight is 480 g/mol. The third kappa shape index (κ3) is 5.29. The highest BCUT2D eigenvalue weighted by molar-refractivity contribution is 5.81. The molecule has 3 aromatic rings. The zero-order valence-corrected chi connectivity index (χ0v) is 19.1. The normalized spacial score (nSPS) is 16.8. The van der Waals surface area contributed by atoms with E-state index in [9.17, 15) is 14.0 Å². The number of hydrogen-bond donors (Lipinski definition) is 0. The minimum Gasteiger partial charge on any atom is -0.486 e. The molecule has 2 aliphatic rings. The van der Waals surface area contributed by atoms with Crippen molar-refractivity contribution in [3.05, 3.63) is 65.9 Å². The van der Waals surface area contributed by atoms with Gasteiger partial charge in [0, 0.05) is 18.5 Å². The van der Waals surface area contributed by atoms with E-state index in [1.54, 1.807) is 17.0 Å². The fraction of sp³-hybridized carbons (Fsp3) is 0.346. The number of likely N-dealkylation sites (tertiary alicyclic amines) is 1. The maximum Gasteiger partial charge on any atom is 0.306 e. The van der Waals surface area contributed by atoms with E-state index in [2.05, 4.69) is 4.98 Å². The molecule has 3 heterocycles. The summed E-state index contributed by atoms with van der Waals surface area (Å²) < 4.78 is 35.2. The molecule has 1 saturated heterocycles. The number of aryl methyl sites for hydroxylation is 1. The number of esters is 1. The first kappa shape index (κ1) is 22.9. The number of carbonyl (C=O) groups is 2. The van der Waals surface area contributed by atoms with E-state index in [1.165, 1.54) is 18.3 Å². The first-order valence-corrected chi connectivity index (χ1v) is 11.6. The third-order valence-corrected chi connectivity index (χ3v) is 6.11. The quantitative estimate of drug-likeness (QED) is 0.471. The van der Waals surface area contributed by atoms with Crippen LogP contribution in [-0.2, 0) is 20.7 Å². The number of rotatable bonds is 7. The van der Waals surface area contributed by atoms with Crippen molar-refractivity contribution in [2.75, 3.05) is 26.4 Å². The number of amides is 1. The summed E-state index contributed by atoms with van der Waals surface area (Å²) in [5.74, 6) is 1.18. The summed E-state index contributed by atoms with van der Waals surface area (Å²) in [6.07, 6.45) is 3.50. The van der Waals surface area contributed by atoms with Gasteiger partial charge in [0.25, 0.3) is 5.91 Å². The number of benzene rings is 2. The molecule has 35 heavy (non-hydrogen) atoms. The second-order valence-corrected chi connectivity index (χ2v) is 8.43. The van der Waals surface area contributed by atoms with Gasteiger partial charge in [-0.2, -0.15) is 0 Å². The Balaban J connectivity index is 1.12. The number of ether oxygens (including phenoxy) is 3. The second-order valence-electron chi connectivity index (χ2n) is 8.43. The van der Waals surface area contributed by atoms with Crippen molar-refractivity contribution >= 4 is 11.9 Å². The minimum atomic E-state index is -0.505. The van der Waals surface area contributed by atoms with Gasteiger partial charge in [-0.05, 0) is 54.8 Å². The van der Waals surface area contributed by atoms with Gasteiger partial charge in [-0.25, -0.2) is 9.37 Å². The van der Waals surface area contributed by atoms with Crippen LogP contribution in [0.5, 0.6) is 11.5 Å². The van der Waals surface area contributed by atoms with Crippen molar-refractivity contribution in [2.24, 2.45) is 0 Å². The lowest BCUT2D eigenvalue weighted by atomic mass is 10.0. The smallest absolute Gasteiger partial charge is 0.306 e. The molecule has 182 valence electrons. The zero-order valence-electron chi connectivity index (χ0n) is 19.1. The van der Waals surface area contributed by atoms with Crippen molar-refractivity contribution in [3.8, 4) is 22.8 Å². The number of fused-ring (bicyclic) bond motifs is 1. The number of oxazole rings is 1. The summed E-state index contributed by atoms with van der Waals surface area (Å²) in [5.41, 5.74) is 1.67. The van der Waals surface area contributed by atoms with Crippen molar-refractivity contribution in [1.82, 2.24) is 9.88 Å². The Labute approximate surface area is 201 Å². The molecule has 0 N–H and O–H groups in total. The van der Waals surface area contributed by atoms with Gasteiger partial charge in [0.2, 0.25) is 0 Å². The molecule has 8 nitrogen and oxygen atoms in total. The van der Waals surface area contributed by atoms with Crippen LogP contribution in [0, 0.1) is 5.82 Å². The molecule has 1 unspecified atom stereocenters. The Bertz CT molecular complexity index is 1210. The van der Waals surface area contributed by atoms with E-state index >= 15 is 0 Å². The average Bonchev–Trinajstić information content (AvgIpc) is 3.56. The van der Waals surface area contributed by atoms with E-state index in [1.807, 2.05) is 18.2 Å². The maximum atomic E-state index is 13.1. The molecule has 1 atom stereocenters. The summed E-state index contributed by atoms with van der Waals surface area (Å²) >= 11 is 0. The molecular weight excluding hydrogens is 455 g/mol. The van der Waals surface area contributed by atoms with Crippen molar-refractivity contribution in [3.63, 3.8) is 0 Å². The van der Waals surface area contributed by atoms with Crippen LogP contribution in [0.2, 0.25) is 0 Å². The van der Waals surface area contributed by atoms with Crippen LogP contribution in [0.1, 0.15) is 36.8 Å². The Hall–Kier alpha value is -3.88. The molecule has 0 radical (unpaired) electrons. The third-order valence-electron chi connectivity index (χ3n) is 6.11. The van der Waals surface area contributed by atoms with Gasteiger partial charge in [-0.1, -0.05) is 6.07 Å². The van der Waals surface area contributed by atoms with Gasteiger partial charge < -0.3 is 23.5 Å². The Morgan fingerprint density at radius 1 is 1.09 bits per heavy atom. The fourth-order valence-corrected chi connectivity index (χ4v) is 4.36. The topological polar surface area (TPSA) is 91.1 Å². The van der Waals surface area contributed by atoms with Crippen LogP contribution in [0.25, 0.3) is 11.3 Å². The number of carbonyl (C=O) groups excluding carboxylic acids is 2. The number of aromatic nitrogens is 1. The summed E-state index contributed by atoms with van der Waals surface area (Å²) in [6.45, 7) is 1.32. The summed E-state index contributed by atoms with van der Waals surface area (Å²) in [7, 11) is 0. The Kier molecular flexibility index (Phi) is 6.65. The van der Waals surface area contributed by atoms with Gasteiger partial charge in [-0.15, -0.1) is 0 Å². The van der Waals surface area contributed by atoms with Gasteiger partial charge >= 0.3 is 5.97 Å². The number of halogens is 1. The zero-order chi connectivity index (χ0) is 24.2. The van der Waals surface area contributed by atoms with Crippen LogP contribution in [0.3, 0.4) is 0 Å². The summed E-state index contributed by atoms with van der Waals surface area (Å²) in [5, 5.41) is 0. The molecule has 0 spiro atoms. The maximum absolute atomic E-state index is 13.1. The molecule has 5 rings (SSSR count). The van der Waals surface area contributed by atoms with E-state index < -0.39 is 5.97 Å². The molecule has 9 heteroatoms. The van der Waals surface area contributed by atoms with Gasteiger partial charge in [0.15, 0.2) is 29.8 Å². The largest absolute Gasteiger partial charge is 0.486 e. The highest BCUT2D eigenvalue weighted by Gasteiger charge is 2.31. The standard InChI is InChI=1S/C26H25FN2O6/c27-19-6-3-17(4-7-19)23-15-28-24(35-23)9-10-26(31)34-16-25(30)29-11-1-2-20(29)18-5-8-21-22(14-18)33-13-12-32-21/h3-8,14-15,20H,1-2,9-13,16H2. The molecule has 1 fully saturated rings. The lowest BCUT2D eigenvalue weighted by Crippen LogP contribution is -2.34. The van der Waals surface area contributed by atoms with E-state index in [-0.39, 0.29) is 37.2 Å². The highest BCUT2D eigenvalue weighted by atomic mass is 19.1. The van der Waals surface area contributed by atoms with Crippen LogP contribution in [0.4, 0.5) is 4.39 Å². The lowest BCUT2D eigenvalue weighted by molar-refractivity contribution is -0.152. The van der Waals surface area contributed by atoms with Crippen molar-refractivity contribution in [1.29, 1.82) is 0 Å². The van der Waals surface area contributed by atoms with Crippen LogP contribution < -0.4 is 9.47 Å². The number of hydrogen-bond acceptors (Lipinski definition) is 7. The Morgan fingerprint density at radius 2 is 1.89 bits per heavy atom. The van der Waals surface area contributed by atoms with Crippen LogP contribution in [0.15, 0.2) is 53.1 Å². The summed E-state index contributed by atoms with van der Waals surface area (Å²) in [4.78, 5) is 31.0. The predicted octanol–water partition coefficient (Wildman–Crippen LogP) is 4.09. The van der Waals surface area contributed by atoms with Crippen molar-refractivity contribution < 1.29 is 32.6 Å².